The summed E-state index contributed by atoms with van der Waals surface area (Å²) in [6.07, 6.45) is -9.94. The van der Waals surface area contributed by atoms with Gasteiger partial charge in [-0.05, 0) is 36.6 Å². The zero-order valence-corrected chi connectivity index (χ0v) is 10.2. The molecule has 1 aromatic carbocycles. The highest BCUT2D eigenvalue weighted by Gasteiger charge is 2.36. The highest BCUT2D eigenvalue weighted by atomic mass is 35.5. The average Bonchev–Trinajstić information content (AvgIpc) is 2.24. The lowest BCUT2D eigenvalue weighted by atomic mass is 10.0. The molecule has 19 heavy (non-hydrogen) atoms. The van der Waals surface area contributed by atoms with Crippen molar-refractivity contribution in [3.8, 4) is 0 Å². The average molecular weight is 306 g/mol. The number of rotatable bonds is 3. The fraction of sp³-hybridized carbons (Fsp3) is 0.455. The Labute approximate surface area is 110 Å². The van der Waals surface area contributed by atoms with Gasteiger partial charge in [0.2, 0.25) is 0 Å². The topological polar surface area (TPSA) is 26.0 Å². The molecule has 1 aromatic rings. The summed E-state index contributed by atoms with van der Waals surface area (Å²) >= 11 is 5.65. The Kier molecular flexibility index (Phi) is 4.73. The van der Waals surface area contributed by atoms with Gasteiger partial charge >= 0.3 is 12.4 Å². The first-order valence-electron chi connectivity index (χ1n) is 5.19. The van der Waals surface area contributed by atoms with Gasteiger partial charge in [-0.1, -0.05) is 11.6 Å². The Morgan fingerprint density at radius 3 is 2.16 bits per heavy atom. The zero-order valence-electron chi connectivity index (χ0n) is 9.45. The molecule has 0 radical (unpaired) electrons. The largest absolute Gasteiger partial charge is 0.416 e. The minimum Gasteiger partial charge on any atom is -0.320 e. The molecule has 0 saturated heterocycles. The van der Waals surface area contributed by atoms with Crippen LogP contribution in [-0.2, 0) is 12.6 Å². The van der Waals surface area contributed by atoms with Crippen molar-refractivity contribution in [2.24, 2.45) is 5.73 Å². The van der Waals surface area contributed by atoms with E-state index in [1.54, 1.807) is 0 Å². The summed E-state index contributed by atoms with van der Waals surface area (Å²) in [5.74, 6) is 0. The lowest BCUT2D eigenvalue weighted by Gasteiger charge is -2.16. The lowest BCUT2D eigenvalue weighted by molar-refractivity contribution is -0.148. The number of hydrogen-bond donors (Lipinski definition) is 1. The van der Waals surface area contributed by atoms with E-state index in [2.05, 4.69) is 0 Å². The minimum atomic E-state index is -4.58. The number of hydrogen-bond acceptors (Lipinski definition) is 1. The molecular formula is C11H10ClF6N. The van der Waals surface area contributed by atoms with Crippen molar-refractivity contribution in [3.05, 3.63) is 34.3 Å². The maximum Gasteiger partial charge on any atom is 0.416 e. The van der Waals surface area contributed by atoms with E-state index in [9.17, 15) is 26.3 Å². The van der Waals surface area contributed by atoms with Gasteiger partial charge in [-0.2, -0.15) is 26.3 Å². The highest BCUT2D eigenvalue weighted by molar-refractivity contribution is 6.31. The third kappa shape index (κ3) is 4.58. The summed E-state index contributed by atoms with van der Waals surface area (Å²) in [5.41, 5.74) is 3.93. The van der Waals surface area contributed by atoms with Crippen LogP contribution in [0.5, 0.6) is 0 Å². The molecule has 8 heteroatoms. The Bertz CT molecular complexity index is 440. The molecule has 1 atom stereocenters. The van der Waals surface area contributed by atoms with Gasteiger partial charge in [0.05, 0.1) is 5.56 Å². The molecule has 108 valence electrons. The predicted octanol–water partition coefficient (Wildman–Crippen LogP) is 4.18. The predicted molar refractivity (Wildman–Crippen MR) is 58.8 cm³/mol. The van der Waals surface area contributed by atoms with Crippen LogP contribution in [-0.4, -0.2) is 12.2 Å². The molecule has 0 aliphatic carbocycles. The molecule has 1 unspecified atom stereocenters. The summed E-state index contributed by atoms with van der Waals surface area (Å²) in [5, 5.41) is -0.0117. The van der Waals surface area contributed by atoms with Crippen LogP contribution in [0.3, 0.4) is 0 Å². The molecule has 1 nitrogen and oxygen atoms in total. The molecule has 0 aromatic heterocycles. The first-order valence-corrected chi connectivity index (χ1v) is 5.57. The van der Waals surface area contributed by atoms with Crippen molar-refractivity contribution >= 4 is 11.6 Å². The number of nitrogens with two attached hydrogens (primary N) is 1. The van der Waals surface area contributed by atoms with Gasteiger partial charge in [-0.15, -0.1) is 0 Å². The van der Waals surface area contributed by atoms with Gasteiger partial charge in [0.25, 0.3) is 0 Å². The highest BCUT2D eigenvalue weighted by Crippen LogP contribution is 2.32. The van der Waals surface area contributed by atoms with Crippen LogP contribution in [0.2, 0.25) is 5.02 Å². The number of aryl methyl sites for hydroxylation is 1. The summed E-state index contributed by atoms with van der Waals surface area (Å²) in [7, 11) is 0. The van der Waals surface area contributed by atoms with Crippen LogP contribution in [0, 0.1) is 0 Å². The van der Waals surface area contributed by atoms with Crippen molar-refractivity contribution in [2.45, 2.75) is 31.2 Å². The van der Waals surface area contributed by atoms with Crippen molar-refractivity contribution in [1.82, 2.24) is 0 Å². The van der Waals surface area contributed by atoms with Crippen LogP contribution in [0.4, 0.5) is 26.3 Å². The molecule has 2 N–H and O–H groups in total. The Balaban J connectivity index is 2.84. The Hall–Kier alpha value is -0.950. The van der Waals surface area contributed by atoms with Gasteiger partial charge in [-0.3, -0.25) is 0 Å². The Morgan fingerprint density at radius 1 is 1.11 bits per heavy atom. The molecule has 0 spiro atoms. The fourth-order valence-corrected chi connectivity index (χ4v) is 1.63. The van der Waals surface area contributed by atoms with Crippen LogP contribution in [0.25, 0.3) is 0 Å². The first kappa shape index (κ1) is 16.1. The van der Waals surface area contributed by atoms with E-state index >= 15 is 0 Å². The summed E-state index contributed by atoms with van der Waals surface area (Å²) in [6, 6.07) is 0.442. The van der Waals surface area contributed by atoms with Gasteiger partial charge in [0.1, 0.15) is 6.04 Å². The zero-order chi connectivity index (χ0) is 14.8. The van der Waals surface area contributed by atoms with Crippen molar-refractivity contribution < 1.29 is 26.3 Å². The molecule has 0 aliphatic rings. The van der Waals surface area contributed by atoms with E-state index in [-0.39, 0.29) is 17.0 Å². The van der Waals surface area contributed by atoms with Crippen LogP contribution in [0.15, 0.2) is 18.2 Å². The smallest absolute Gasteiger partial charge is 0.320 e. The quantitative estimate of drug-likeness (QED) is 0.833. The first-order chi connectivity index (χ1) is 8.51. The number of benzene rings is 1. The molecule has 1 rings (SSSR count). The van der Waals surface area contributed by atoms with Crippen molar-refractivity contribution in [1.29, 1.82) is 0 Å². The van der Waals surface area contributed by atoms with Crippen molar-refractivity contribution in [2.75, 3.05) is 0 Å². The second-order valence-electron chi connectivity index (χ2n) is 3.99. The van der Waals surface area contributed by atoms with Gasteiger partial charge in [0, 0.05) is 5.02 Å². The van der Waals surface area contributed by atoms with Gasteiger partial charge in [0.15, 0.2) is 0 Å². The van der Waals surface area contributed by atoms with Crippen LogP contribution < -0.4 is 5.73 Å². The number of halogens is 7. The van der Waals surface area contributed by atoms with Crippen molar-refractivity contribution in [3.63, 3.8) is 0 Å². The molecule has 0 aliphatic heterocycles. The standard InChI is InChI=1S/C11H10ClF6N/c12-8-3-2-7(10(13,14)15)5-6(8)1-4-9(19)11(16,17)18/h2-3,5,9H,1,4,19H2. The maximum absolute atomic E-state index is 12.4. The second-order valence-corrected chi connectivity index (χ2v) is 4.40. The third-order valence-corrected chi connectivity index (χ3v) is 2.89. The third-order valence-electron chi connectivity index (χ3n) is 2.52. The summed E-state index contributed by atoms with van der Waals surface area (Å²) in [6.45, 7) is 0. The van der Waals surface area contributed by atoms with Crippen LogP contribution >= 0.6 is 11.6 Å². The van der Waals surface area contributed by atoms with E-state index < -0.39 is 30.4 Å². The molecular weight excluding hydrogens is 296 g/mol. The lowest BCUT2D eigenvalue weighted by Crippen LogP contribution is -2.37. The Morgan fingerprint density at radius 2 is 1.68 bits per heavy atom. The monoisotopic (exact) mass is 305 g/mol. The maximum atomic E-state index is 12.4. The molecule has 0 bridgehead atoms. The SMILES string of the molecule is NC(CCc1cc(C(F)(F)F)ccc1Cl)C(F)(F)F. The minimum absolute atomic E-state index is 0.00353. The normalized spacial score (nSPS) is 14.5. The fourth-order valence-electron chi connectivity index (χ4n) is 1.42. The summed E-state index contributed by atoms with van der Waals surface area (Å²) < 4.78 is 73.9. The molecule has 0 amide bonds. The molecule has 0 saturated carbocycles. The number of alkyl halides is 6. The molecule has 0 heterocycles. The van der Waals surface area contributed by atoms with E-state index in [1.807, 2.05) is 0 Å². The van der Waals surface area contributed by atoms with E-state index in [0.717, 1.165) is 18.2 Å². The van der Waals surface area contributed by atoms with E-state index in [4.69, 9.17) is 17.3 Å². The summed E-state index contributed by atoms with van der Waals surface area (Å²) in [4.78, 5) is 0. The van der Waals surface area contributed by atoms with Crippen LogP contribution in [0.1, 0.15) is 17.5 Å². The van der Waals surface area contributed by atoms with E-state index in [1.165, 1.54) is 0 Å². The second kappa shape index (κ2) is 5.58. The van der Waals surface area contributed by atoms with Gasteiger partial charge < -0.3 is 5.73 Å². The van der Waals surface area contributed by atoms with Gasteiger partial charge in [-0.25, -0.2) is 0 Å². The molecule has 0 fully saturated rings. The van der Waals surface area contributed by atoms with E-state index in [0.29, 0.717) is 0 Å².